The van der Waals surface area contributed by atoms with E-state index in [-0.39, 0.29) is 12.1 Å². The standard InChI is InChI=1S/C12H10F7NO2/c1-22-9(21)4-8(20)10-6(12(17,18)19)2-5(3-7(10)13)11(14,15)16/h2-3,8H,4,20H2,1H3/t8-/m1/s1. The Balaban J connectivity index is 3.47. The lowest BCUT2D eigenvalue weighted by atomic mass is 9.95. The Morgan fingerprint density at radius 1 is 1.18 bits per heavy atom. The van der Waals surface area contributed by atoms with Crippen LogP contribution in [0.2, 0.25) is 0 Å². The van der Waals surface area contributed by atoms with Crippen molar-refractivity contribution < 1.29 is 40.3 Å². The van der Waals surface area contributed by atoms with E-state index in [0.29, 0.717) is 0 Å². The van der Waals surface area contributed by atoms with Crippen LogP contribution in [0.4, 0.5) is 30.7 Å². The molecule has 0 saturated carbocycles. The maximum Gasteiger partial charge on any atom is 0.416 e. The first-order chi connectivity index (χ1) is 9.87. The van der Waals surface area contributed by atoms with E-state index in [0.717, 1.165) is 7.11 Å². The molecule has 2 N–H and O–H groups in total. The molecule has 10 heteroatoms. The summed E-state index contributed by atoms with van der Waals surface area (Å²) in [4.78, 5) is 11.0. The number of carbonyl (C=O) groups excluding carboxylic acids is 1. The Bertz CT molecular complexity index is 566. The number of rotatable bonds is 3. The molecule has 22 heavy (non-hydrogen) atoms. The highest BCUT2D eigenvalue weighted by molar-refractivity contribution is 5.70. The zero-order valence-electron chi connectivity index (χ0n) is 11.0. The maximum absolute atomic E-state index is 13.7. The van der Waals surface area contributed by atoms with Crippen LogP contribution in [0.5, 0.6) is 0 Å². The lowest BCUT2D eigenvalue weighted by Gasteiger charge is -2.20. The van der Waals surface area contributed by atoms with Crippen LogP contribution < -0.4 is 5.73 Å². The van der Waals surface area contributed by atoms with Crippen molar-refractivity contribution in [2.45, 2.75) is 24.8 Å². The van der Waals surface area contributed by atoms with Gasteiger partial charge in [-0.25, -0.2) is 4.39 Å². The van der Waals surface area contributed by atoms with Gasteiger partial charge in [0.1, 0.15) is 5.82 Å². The molecule has 0 bridgehead atoms. The van der Waals surface area contributed by atoms with Crippen LogP contribution in [0.1, 0.15) is 29.2 Å². The molecule has 0 heterocycles. The number of ether oxygens (including phenoxy) is 1. The number of halogens is 7. The van der Waals surface area contributed by atoms with Crippen molar-refractivity contribution in [3.05, 3.63) is 34.6 Å². The summed E-state index contributed by atoms with van der Waals surface area (Å²) in [6, 6.07) is -2.14. The van der Waals surface area contributed by atoms with E-state index < -0.39 is 53.3 Å². The van der Waals surface area contributed by atoms with Gasteiger partial charge in [0, 0.05) is 11.6 Å². The summed E-state index contributed by atoms with van der Waals surface area (Å²) in [7, 11) is 0.933. The average Bonchev–Trinajstić information content (AvgIpc) is 2.35. The lowest BCUT2D eigenvalue weighted by Crippen LogP contribution is -2.23. The predicted molar refractivity (Wildman–Crippen MR) is 60.0 cm³/mol. The number of benzene rings is 1. The van der Waals surface area contributed by atoms with E-state index in [9.17, 15) is 35.5 Å². The van der Waals surface area contributed by atoms with E-state index in [1.165, 1.54) is 0 Å². The number of hydrogen-bond acceptors (Lipinski definition) is 3. The molecule has 0 amide bonds. The molecule has 0 saturated heterocycles. The topological polar surface area (TPSA) is 52.3 Å². The van der Waals surface area contributed by atoms with Gasteiger partial charge in [0.15, 0.2) is 0 Å². The molecule has 0 aromatic heterocycles. The molecule has 0 radical (unpaired) electrons. The average molecular weight is 333 g/mol. The highest BCUT2D eigenvalue weighted by Gasteiger charge is 2.41. The largest absolute Gasteiger partial charge is 0.469 e. The minimum atomic E-state index is -5.27. The van der Waals surface area contributed by atoms with E-state index >= 15 is 0 Å². The van der Waals surface area contributed by atoms with Crippen LogP contribution in [-0.2, 0) is 21.9 Å². The van der Waals surface area contributed by atoms with Gasteiger partial charge in [0.2, 0.25) is 0 Å². The third-order valence-corrected chi connectivity index (χ3v) is 2.75. The summed E-state index contributed by atoms with van der Waals surface area (Å²) < 4.78 is 94.0. The Morgan fingerprint density at radius 3 is 2.14 bits per heavy atom. The fourth-order valence-corrected chi connectivity index (χ4v) is 1.76. The second-order valence-electron chi connectivity index (χ2n) is 4.30. The molecule has 1 aromatic carbocycles. The Kier molecular flexibility index (Phi) is 5.06. The van der Waals surface area contributed by atoms with Gasteiger partial charge >= 0.3 is 18.3 Å². The minimum absolute atomic E-state index is 0.0955. The molecule has 3 nitrogen and oxygen atoms in total. The molecule has 124 valence electrons. The van der Waals surface area contributed by atoms with Gasteiger partial charge < -0.3 is 10.5 Å². The predicted octanol–water partition coefficient (Wildman–Crippen LogP) is 3.43. The van der Waals surface area contributed by atoms with Gasteiger partial charge in [-0.05, 0) is 12.1 Å². The normalized spacial score (nSPS) is 13.9. The summed E-state index contributed by atoms with van der Waals surface area (Å²) >= 11 is 0. The van der Waals surface area contributed by atoms with E-state index in [2.05, 4.69) is 4.74 Å². The Morgan fingerprint density at radius 2 is 1.73 bits per heavy atom. The van der Waals surface area contributed by atoms with Crippen LogP contribution in [0.3, 0.4) is 0 Å². The summed E-state index contributed by atoms with van der Waals surface area (Å²) in [6.45, 7) is 0. The van der Waals surface area contributed by atoms with E-state index in [1.807, 2.05) is 0 Å². The highest BCUT2D eigenvalue weighted by atomic mass is 19.4. The molecule has 0 spiro atoms. The van der Waals surface area contributed by atoms with Gasteiger partial charge in [-0.1, -0.05) is 0 Å². The van der Waals surface area contributed by atoms with Crippen LogP contribution in [0, 0.1) is 5.82 Å². The van der Waals surface area contributed by atoms with Gasteiger partial charge in [0.05, 0.1) is 24.7 Å². The molecule has 1 atom stereocenters. The molecular weight excluding hydrogens is 323 g/mol. The zero-order valence-corrected chi connectivity index (χ0v) is 11.0. The summed E-state index contributed by atoms with van der Waals surface area (Å²) in [5.41, 5.74) is 0.412. The Labute approximate surface area is 119 Å². The highest BCUT2D eigenvalue weighted by Crippen LogP contribution is 2.40. The number of methoxy groups -OCH3 is 1. The fraction of sp³-hybridized carbons (Fsp3) is 0.417. The first-order valence-corrected chi connectivity index (χ1v) is 5.68. The van der Waals surface area contributed by atoms with Crippen molar-refractivity contribution in [1.82, 2.24) is 0 Å². The SMILES string of the molecule is COC(=O)C[C@@H](N)c1c(F)cc(C(F)(F)F)cc1C(F)(F)F. The minimum Gasteiger partial charge on any atom is -0.469 e. The van der Waals surface area contributed by atoms with Crippen LogP contribution >= 0.6 is 0 Å². The monoisotopic (exact) mass is 333 g/mol. The molecule has 0 aliphatic rings. The van der Waals surface area contributed by atoms with Crippen molar-refractivity contribution in [3.8, 4) is 0 Å². The van der Waals surface area contributed by atoms with Crippen molar-refractivity contribution >= 4 is 5.97 Å². The third kappa shape index (κ3) is 4.09. The number of hydrogen-bond donors (Lipinski definition) is 1. The lowest BCUT2D eigenvalue weighted by molar-refractivity contribution is -0.145. The van der Waals surface area contributed by atoms with E-state index in [4.69, 9.17) is 5.73 Å². The van der Waals surface area contributed by atoms with E-state index in [1.54, 1.807) is 0 Å². The molecular formula is C12H10F7NO2. The maximum atomic E-state index is 13.7. The first-order valence-electron chi connectivity index (χ1n) is 5.68. The zero-order chi connectivity index (χ0) is 17.3. The van der Waals surface area contributed by atoms with Crippen LogP contribution in [-0.4, -0.2) is 13.1 Å². The molecule has 0 aliphatic carbocycles. The van der Waals surface area contributed by atoms with Crippen molar-refractivity contribution in [1.29, 1.82) is 0 Å². The molecule has 1 aromatic rings. The second-order valence-corrected chi connectivity index (χ2v) is 4.30. The Hall–Kier alpha value is -1.84. The number of alkyl halides is 6. The molecule has 0 aliphatic heterocycles. The summed E-state index contributed by atoms with van der Waals surface area (Å²) in [6.07, 6.45) is -11.3. The smallest absolute Gasteiger partial charge is 0.416 e. The van der Waals surface area contributed by atoms with Crippen LogP contribution in [0.15, 0.2) is 12.1 Å². The van der Waals surface area contributed by atoms with Gasteiger partial charge in [0.25, 0.3) is 0 Å². The van der Waals surface area contributed by atoms with Crippen LogP contribution in [0.25, 0.3) is 0 Å². The molecule has 0 unspecified atom stereocenters. The third-order valence-electron chi connectivity index (χ3n) is 2.75. The van der Waals surface area contributed by atoms with Crippen molar-refractivity contribution in [2.24, 2.45) is 5.73 Å². The van der Waals surface area contributed by atoms with Gasteiger partial charge in [-0.3, -0.25) is 4.79 Å². The summed E-state index contributed by atoms with van der Waals surface area (Å²) in [5.74, 6) is -2.82. The first kappa shape index (κ1) is 18.2. The van der Waals surface area contributed by atoms with Crippen molar-refractivity contribution in [2.75, 3.05) is 7.11 Å². The summed E-state index contributed by atoms with van der Waals surface area (Å²) in [5, 5.41) is 0. The van der Waals surface area contributed by atoms with Gasteiger partial charge in [-0.15, -0.1) is 0 Å². The number of carbonyl (C=O) groups is 1. The molecule has 1 rings (SSSR count). The van der Waals surface area contributed by atoms with Crippen molar-refractivity contribution in [3.63, 3.8) is 0 Å². The second kappa shape index (κ2) is 6.11. The fourth-order valence-electron chi connectivity index (χ4n) is 1.76. The molecule has 0 fully saturated rings. The number of esters is 1. The quantitative estimate of drug-likeness (QED) is 0.681. The van der Waals surface area contributed by atoms with Gasteiger partial charge in [-0.2, -0.15) is 26.3 Å². The number of nitrogens with two attached hydrogens (primary N) is 1.